The Bertz CT molecular complexity index is 521. The van der Waals surface area contributed by atoms with Crippen LogP contribution in [0.5, 0.6) is 5.75 Å². The van der Waals surface area contributed by atoms with Crippen LogP contribution in [-0.2, 0) is 11.3 Å². The quantitative estimate of drug-likeness (QED) is 0.830. The molecule has 1 aromatic rings. The van der Waals surface area contributed by atoms with Crippen LogP contribution in [0.2, 0.25) is 0 Å². The van der Waals surface area contributed by atoms with Gasteiger partial charge in [-0.25, -0.2) is 0 Å². The van der Waals surface area contributed by atoms with Gasteiger partial charge in [-0.1, -0.05) is 0 Å². The van der Waals surface area contributed by atoms with Crippen molar-refractivity contribution < 1.29 is 9.47 Å². The molecule has 5 nitrogen and oxygen atoms in total. The fraction of sp³-hybridized carbons (Fsp3) is 0.722. The first-order valence-corrected chi connectivity index (χ1v) is 8.72. The first-order valence-electron chi connectivity index (χ1n) is 8.72. The van der Waals surface area contributed by atoms with Crippen LogP contribution < -0.4 is 4.74 Å². The smallest absolute Gasteiger partial charge is 0.128 e. The third kappa shape index (κ3) is 4.03. The second-order valence-electron chi connectivity index (χ2n) is 6.76. The van der Waals surface area contributed by atoms with E-state index >= 15 is 0 Å². The Labute approximate surface area is 139 Å². The van der Waals surface area contributed by atoms with E-state index in [1.165, 1.54) is 18.4 Å². The number of rotatable bonds is 5. The van der Waals surface area contributed by atoms with Crippen LogP contribution >= 0.6 is 0 Å². The maximum absolute atomic E-state index is 5.75. The summed E-state index contributed by atoms with van der Waals surface area (Å²) < 4.78 is 11.3. The van der Waals surface area contributed by atoms with Crippen molar-refractivity contribution in [1.29, 1.82) is 0 Å². The molecule has 0 amide bonds. The molecule has 1 atom stereocenters. The lowest BCUT2D eigenvalue weighted by Gasteiger charge is -2.35. The van der Waals surface area contributed by atoms with Crippen molar-refractivity contribution in [1.82, 2.24) is 14.8 Å². The number of pyridine rings is 1. The SMILES string of the molecule is COc1c(C)cnc(CN2CCN(CC3CCCO3)CC2)c1C. The zero-order chi connectivity index (χ0) is 16.2. The van der Waals surface area contributed by atoms with Gasteiger partial charge in [0, 0.05) is 63.2 Å². The second kappa shape index (κ2) is 7.60. The lowest BCUT2D eigenvalue weighted by atomic mass is 10.1. The highest BCUT2D eigenvalue weighted by molar-refractivity contribution is 5.41. The molecule has 2 fully saturated rings. The van der Waals surface area contributed by atoms with Gasteiger partial charge in [0.2, 0.25) is 0 Å². The van der Waals surface area contributed by atoms with E-state index in [2.05, 4.69) is 21.7 Å². The molecule has 1 aromatic heterocycles. The van der Waals surface area contributed by atoms with Crippen molar-refractivity contribution in [3.8, 4) is 5.75 Å². The van der Waals surface area contributed by atoms with Crippen LogP contribution in [0.25, 0.3) is 0 Å². The van der Waals surface area contributed by atoms with Gasteiger partial charge in [-0.3, -0.25) is 14.8 Å². The summed E-state index contributed by atoms with van der Waals surface area (Å²) in [5.41, 5.74) is 3.42. The Morgan fingerprint density at radius 3 is 2.61 bits per heavy atom. The summed E-state index contributed by atoms with van der Waals surface area (Å²) in [5.74, 6) is 0.979. The predicted octanol–water partition coefficient (Wildman–Crippen LogP) is 2.00. The van der Waals surface area contributed by atoms with E-state index in [1.807, 2.05) is 13.1 Å². The Morgan fingerprint density at radius 2 is 1.96 bits per heavy atom. The van der Waals surface area contributed by atoms with Crippen molar-refractivity contribution in [3.05, 3.63) is 23.0 Å². The van der Waals surface area contributed by atoms with Crippen molar-refractivity contribution in [2.24, 2.45) is 0 Å². The number of hydrogen-bond acceptors (Lipinski definition) is 5. The fourth-order valence-electron chi connectivity index (χ4n) is 3.65. The molecule has 0 saturated carbocycles. The second-order valence-corrected chi connectivity index (χ2v) is 6.76. The largest absolute Gasteiger partial charge is 0.496 e. The minimum Gasteiger partial charge on any atom is -0.496 e. The van der Waals surface area contributed by atoms with Crippen LogP contribution in [0.1, 0.15) is 29.7 Å². The molecular formula is C18H29N3O2. The first kappa shape index (κ1) is 16.7. The molecule has 128 valence electrons. The number of methoxy groups -OCH3 is 1. The molecule has 2 saturated heterocycles. The van der Waals surface area contributed by atoms with Gasteiger partial charge >= 0.3 is 0 Å². The zero-order valence-corrected chi connectivity index (χ0v) is 14.7. The Hall–Kier alpha value is -1.17. The summed E-state index contributed by atoms with van der Waals surface area (Å²) in [5, 5.41) is 0. The van der Waals surface area contributed by atoms with Crippen LogP contribution in [0.3, 0.4) is 0 Å². The van der Waals surface area contributed by atoms with Gasteiger partial charge in [-0.2, -0.15) is 0 Å². The van der Waals surface area contributed by atoms with E-state index in [0.717, 1.165) is 62.9 Å². The van der Waals surface area contributed by atoms with E-state index in [9.17, 15) is 0 Å². The molecule has 0 bridgehead atoms. The summed E-state index contributed by atoms with van der Waals surface area (Å²) in [6, 6.07) is 0. The molecule has 5 heteroatoms. The molecule has 2 aliphatic rings. The number of nitrogens with zero attached hydrogens (tertiary/aromatic N) is 3. The molecule has 2 aliphatic heterocycles. The standard InChI is InChI=1S/C18H29N3O2/c1-14-11-19-17(15(2)18(14)22-3)13-21-8-6-20(7-9-21)12-16-5-4-10-23-16/h11,16H,4-10,12-13H2,1-3H3. The first-order chi connectivity index (χ1) is 11.2. The monoisotopic (exact) mass is 319 g/mol. The Kier molecular flexibility index (Phi) is 5.51. The molecule has 0 aliphatic carbocycles. The molecule has 23 heavy (non-hydrogen) atoms. The van der Waals surface area contributed by atoms with Crippen LogP contribution in [-0.4, -0.2) is 67.3 Å². The summed E-state index contributed by atoms with van der Waals surface area (Å²) in [6.07, 6.45) is 4.85. The molecule has 0 aromatic carbocycles. The Morgan fingerprint density at radius 1 is 1.22 bits per heavy atom. The highest BCUT2D eigenvalue weighted by atomic mass is 16.5. The third-order valence-electron chi connectivity index (χ3n) is 5.07. The van der Waals surface area contributed by atoms with Crippen LogP contribution in [0.4, 0.5) is 0 Å². The van der Waals surface area contributed by atoms with Gasteiger partial charge in [0.25, 0.3) is 0 Å². The van der Waals surface area contributed by atoms with Crippen LogP contribution in [0, 0.1) is 13.8 Å². The number of hydrogen-bond donors (Lipinski definition) is 0. The van der Waals surface area contributed by atoms with Gasteiger partial charge < -0.3 is 9.47 Å². The predicted molar refractivity (Wildman–Crippen MR) is 91.0 cm³/mol. The summed E-state index contributed by atoms with van der Waals surface area (Å²) >= 11 is 0. The molecule has 0 N–H and O–H groups in total. The number of piperazine rings is 1. The molecule has 1 unspecified atom stereocenters. The van der Waals surface area contributed by atoms with Gasteiger partial charge in [-0.05, 0) is 26.7 Å². The van der Waals surface area contributed by atoms with Gasteiger partial charge in [0.1, 0.15) is 5.75 Å². The lowest BCUT2D eigenvalue weighted by Crippen LogP contribution is -2.48. The van der Waals surface area contributed by atoms with Crippen LogP contribution in [0.15, 0.2) is 6.20 Å². The molecule has 3 heterocycles. The minimum absolute atomic E-state index is 0.465. The fourth-order valence-corrected chi connectivity index (χ4v) is 3.65. The molecule has 0 radical (unpaired) electrons. The third-order valence-corrected chi connectivity index (χ3v) is 5.07. The van der Waals surface area contributed by atoms with E-state index < -0.39 is 0 Å². The van der Waals surface area contributed by atoms with Crippen molar-refractivity contribution in [2.45, 2.75) is 39.3 Å². The number of aryl methyl sites for hydroxylation is 1. The van der Waals surface area contributed by atoms with E-state index in [1.54, 1.807) is 7.11 Å². The zero-order valence-electron chi connectivity index (χ0n) is 14.7. The highest BCUT2D eigenvalue weighted by Gasteiger charge is 2.23. The maximum atomic E-state index is 5.75. The summed E-state index contributed by atoms with van der Waals surface area (Å²) in [7, 11) is 1.74. The van der Waals surface area contributed by atoms with E-state index in [4.69, 9.17) is 9.47 Å². The normalized spacial score (nSPS) is 23.3. The summed E-state index contributed by atoms with van der Waals surface area (Å²) in [6.45, 7) is 11.6. The molecule has 3 rings (SSSR count). The topological polar surface area (TPSA) is 37.8 Å². The number of ether oxygens (including phenoxy) is 2. The summed E-state index contributed by atoms with van der Waals surface area (Å²) in [4.78, 5) is 9.67. The average molecular weight is 319 g/mol. The molecular weight excluding hydrogens is 290 g/mol. The van der Waals surface area contributed by atoms with E-state index in [0.29, 0.717) is 6.10 Å². The number of aromatic nitrogens is 1. The van der Waals surface area contributed by atoms with Gasteiger partial charge in [0.15, 0.2) is 0 Å². The highest BCUT2D eigenvalue weighted by Crippen LogP contribution is 2.25. The lowest BCUT2D eigenvalue weighted by molar-refractivity contribution is 0.0486. The maximum Gasteiger partial charge on any atom is 0.128 e. The van der Waals surface area contributed by atoms with E-state index in [-0.39, 0.29) is 0 Å². The van der Waals surface area contributed by atoms with Crippen molar-refractivity contribution in [2.75, 3.05) is 46.4 Å². The van der Waals surface area contributed by atoms with Gasteiger partial charge in [0.05, 0.1) is 18.9 Å². The average Bonchev–Trinajstić information content (AvgIpc) is 3.05. The molecule has 0 spiro atoms. The van der Waals surface area contributed by atoms with Crippen molar-refractivity contribution >= 4 is 0 Å². The van der Waals surface area contributed by atoms with Gasteiger partial charge in [-0.15, -0.1) is 0 Å². The Balaban J connectivity index is 1.52. The minimum atomic E-state index is 0.465. The van der Waals surface area contributed by atoms with Crippen molar-refractivity contribution in [3.63, 3.8) is 0 Å².